The Morgan fingerprint density at radius 2 is 2.04 bits per heavy atom. The second-order valence-electron chi connectivity index (χ2n) is 6.52. The zero-order chi connectivity index (χ0) is 18.5. The molecule has 0 atom stereocenters. The highest BCUT2D eigenvalue weighted by Gasteiger charge is 2.33. The van der Waals surface area contributed by atoms with E-state index in [1.807, 2.05) is 30.3 Å². The molecule has 1 aliphatic heterocycles. The van der Waals surface area contributed by atoms with Crippen LogP contribution in [0.4, 0.5) is 0 Å². The number of hydrogen-bond donors (Lipinski definition) is 0. The monoisotopic (exact) mass is 351 g/mol. The average Bonchev–Trinajstić information content (AvgIpc) is 2.63. The van der Waals surface area contributed by atoms with Crippen molar-refractivity contribution in [2.75, 3.05) is 19.7 Å². The predicted octanol–water partition coefficient (Wildman–Crippen LogP) is 2.75. The van der Waals surface area contributed by atoms with E-state index in [9.17, 15) is 4.79 Å². The van der Waals surface area contributed by atoms with Crippen molar-refractivity contribution in [2.24, 2.45) is 0 Å². The van der Waals surface area contributed by atoms with Crippen molar-refractivity contribution in [3.63, 3.8) is 0 Å². The normalized spacial score (nSPS) is 13.8. The van der Waals surface area contributed by atoms with Crippen LogP contribution in [0, 0.1) is 11.3 Å². The van der Waals surface area contributed by atoms with Gasteiger partial charge in [-0.05, 0) is 35.7 Å². The Labute approximate surface area is 153 Å². The Balaban J connectivity index is 1.44. The van der Waals surface area contributed by atoms with Gasteiger partial charge in [-0.1, -0.05) is 26.0 Å². The van der Waals surface area contributed by atoms with E-state index in [1.54, 1.807) is 23.2 Å². The third kappa shape index (κ3) is 4.12. The Hall–Kier alpha value is -3.07. The van der Waals surface area contributed by atoms with Crippen molar-refractivity contribution in [3.05, 3.63) is 53.7 Å². The van der Waals surface area contributed by atoms with Crippen LogP contribution < -0.4 is 9.47 Å². The van der Waals surface area contributed by atoms with E-state index in [1.165, 1.54) is 5.56 Å². The first-order chi connectivity index (χ1) is 12.6. The summed E-state index contributed by atoms with van der Waals surface area (Å²) in [5.74, 6) is 1.38. The molecule has 0 spiro atoms. The quantitative estimate of drug-likeness (QED) is 0.800. The van der Waals surface area contributed by atoms with E-state index in [-0.39, 0.29) is 18.6 Å². The Kier molecular flexibility index (Phi) is 5.37. The van der Waals surface area contributed by atoms with Crippen molar-refractivity contribution < 1.29 is 14.3 Å². The molecule has 1 aliphatic rings. The number of nitriles is 1. The van der Waals surface area contributed by atoms with E-state index in [4.69, 9.17) is 14.7 Å². The molecule has 0 radical (unpaired) electrons. The second kappa shape index (κ2) is 7.87. The van der Waals surface area contributed by atoms with Gasteiger partial charge >= 0.3 is 0 Å². The topological polar surface area (TPSA) is 75.4 Å². The number of aromatic nitrogens is 1. The molecule has 3 rings (SSSR count). The Morgan fingerprint density at radius 1 is 1.31 bits per heavy atom. The minimum atomic E-state index is -0.147. The van der Waals surface area contributed by atoms with Gasteiger partial charge in [0.05, 0.1) is 13.1 Å². The number of carbonyl (C=O) groups is 1. The summed E-state index contributed by atoms with van der Waals surface area (Å²) in [5.41, 5.74) is 1.63. The molecular weight excluding hydrogens is 330 g/mol. The molecule has 134 valence electrons. The zero-order valence-electron chi connectivity index (χ0n) is 14.9. The third-order valence-corrected chi connectivity index (χ3v) is 4.28. The van der Waals surface area contributed by atoms with Crippen LogP contribution in [0.2, 0.25) is 0 Å². The highest BCUT2D eigenvalue weighted by molar-refractivity contribution is 5.78. The molecule has 1 amide bonds. The Morgan fingerprint density at radius 3 is 2.69 bits per heavy atom. The maximum absolute atomic E-state index is 12.2. The number of hydrogen-bond acceptors (Lipinski definition) is 5. The molecule has 0 N–H and O–H groups in total. The van der Waals surface area contributed by atoms with Gasteiger partial charge in [0, 0.05) is 6.20 Å². The van der Waals surface area contributed by atoms with E-state index < -0.39 is 0 Å². The van der Waals surface area contributed by atoms with Crippen molar-refractivity contribution in [1.29, 1.82) is 5.26 Å². The number of carbonyl (C=O) groups excluding carboxylic acids is 1. The van der Waals surface area contributed by atoms with Gasteiger partial charge < -0.3 is 14.4 Å². The van der Waals surface area contributed by atoms with Gasteiger partial charge in [0.2, 0.25) is 5.88 Å². The molecule has 6 heteroatoms. The number of benzene rings is 1. The summed E-state index contributed by atoms with van der Waals surface area (Å²) in [6.45, 7) is 5.20. The summed E-state index contributed by atoms with van der Waals surface area (Å²) in [5, 5.41) is 9.04. The first-order valence-electron chi connectivity index (χ1n) is 8.59. The number of ether oxygens (including phenoxy) is 2. The summed E-state index contributed by atoms with van der Waals surface area (Å²) in [6.07, 6.45) is 1.43. The number of likely N-dealkylation sites (tertiary alicyclic amines) is 1. The molecule has 1 saturated heterocycles. The third-order valence-electron chi connectivity index (χ3n) is 4.28. The average molecular weight is 351 g/mol. The fraction of sp³-hybridized carbons (Fsp3) is 0.350. The molecule has 0 aliphatic carbocycles. The smallest absolute Gasteiger partial charge is 0.260 e. The molecule has 1 fully saturated rings. The van der Waals surface area contributed by atoms with E-state index >= 15 is 0 Å². The summed E-state index contributed by atoms with van der Waals surface area (Å²) in [4.78, 5) is 17.9. The zero-order valence-corrected chi connectivity index (χ0v) is 14.9. The number of pyridine rings is 1. The fourth-order valence-corrected chi connectivity index (χ4v) is 2.63. The highest BCUT2D eigenvalue weighted by Crippen LogP contribution is 2.21. The lowest BCUT2D eigenvalue weighted by molar-refractivity contribution is -0.142. The standard InChI is InChI=1S/C20H21N3O3/c1-14(2)15-5-7-17(8-6-15)25-13-19(24)23-11-18(12-23)26-20-16(10-21)4-3-9-22-20/h3-9,14,18H,11-13H2,1-2H3. The molecule has 1 aromatic heterocycles. The van der Waals surface area contributed by atoms with Crippen molar-refractivity contribution >= 4 is 5.91 Å². The van der Waals surface area contributed by atoms with Gasteiger partial charge in [-0.2, -0.15) is 5.26 Å². The first kappa shape index (κ1) is 17.7. The second-order valence-corrected chi connectivity index (χ2v) is 6.52. The lowest BCUT2D eigenvalue weighted by Crippen LogP contribution is -2.57. The van der Waals surface area contributed by atoms with Gasteiger partial charge in [0.1, 0.15) is 23.5 Å². The van der Waals surface area contributed by atoms with Gasteiger partial charge in [-0.15, -0.1) is 0 Å². The van der Waals surface area contributed by atoms with Crippen LogP contribution in [0.25, 0.3) is 0 Å². The number of nitrogens with zero attached hydrogens (tertiary/aromatic N) is 3. The SMILES string of the molecule is CC(C)c1ccc(OCC(=O)N2CC(Oc3ncccc3C#N)C2)cc1. The molecular formula is C20H21N3O3. The van der Waals surface area contributed by atoms with Crippen LogP contribution in [0.15, 0.2) is 42.6 Å². The molecule has 2 aromatic rings. The van der Waals surface area contributed by atoms with E-state index in [0.717, 1.165) is 0 Å². The summed E-state index contributed by atoms with van der Waals surface area (Å²) in [7, 11) is 0. The van der Waals surface area contributed by atoms with Crippen LogP contribution >= 0.6 is 0 Å². The predicted molar refractivity (Wildman–Crippen MR) is 96.0 cm³/mol. The summed E-state index contributed by atoms with van der Waals surface area (Å²) >= 11 is 0. The minimum Gasteiger partial charge on any atom is -0.484 e. The van der Waals surface area contributed by atoms with Crippen LogP contribution in [-0.2, 0) is 4.79 Å². The molecule has 0 saturated carbocycles. The van der Waals surface area contributed by atoms with E-state index in [2.05, 4.69) is 18.8 Å². The van der Waals surface area contributed by atoms with Crippen LogP contribution in [0.1, 0.15) is 30.9 Å². The number of rotatable bonds is 6. The molecule has 1 aromatic carbocycles. The van der Waals surface area contributed by atoms with Crippen molar-refractivity contribution in [3.8, 4) is 17.7 Å². The van der Waals surface area contributed by atoms with Gasteiger partial charge in [-0.25, -0.2) is 4.98 Å². The van der Waals surface area contributed by atoms with Crippen LogP contribution in [0.5, 0.6) is 11.6 Å². The molecule has 26 heavy (non-hydrogen) atoms. The lowest BCUT2D eigenvalue weighted by Gasteiger charge is -2.38. The maximum Gasteiger partial charge on any atom is 0.260 e. The maximum atomic E-state index is 12.2. The largest absolute Gasteiger partial charge is 0.484 e. The van der Waals surface area contributed by atoms with Gasteiger partial charge in [-0.3, -0.25) is 4.79 Å². The van der Waals surface area contributed by atoms with Crippen molar-refractivity contribution in [2.45, 2.75) is 25.9 Å². The van der Waals surface area contributed by atoms with E-state index in [0.29, 0.717) is 36.2 Å². The fourth-order valence-electron chi connectivity index (χ4n) is 2.63. The molecule has 6 nitrogen and oxygen atoms in total. The number of amides is 1. The van der Waals surface area contributed by atoms with Crippen LogP contribution in [0.3, 0.4) is 0 Å². The van der Waals surface area contributed by atoms with Gasteiger partial charge in [0.15, 0.2) is 6.61 Å². The van der Waals surface area contributed by atoms with Gasteiger partial charge in [0.25, 0.3) is 5.91 Å². The van der Waals surface area contributed by atoms with Crippen LogP contribution in [-0.4, -0.2) is 41.6 Å². The Bertz CT molecular complexity index is 806. The first-order valence-corrected chi connectivity index (χ1v) is 8.59. The minimum absolute atomic E-state index is 0.000772. The summed E-state index contributed by atoms with van der Waals surface area (Å²) < 4.78 is 11.2. The highest BCUT2D eigenvalue weighted by atomic mass is 16.5. The lowest BCUT2D eigenvalue weighted by atomic mass is 10.0. The van der Waals surface area contributed by atoms with Crippen molar-refractivity contribution in [1.82, 2.24) is 9.88 Å². The molecule has 2 heterocycles. The molecule has 0 bridgehead atoms. The summed E-state index contributed by atoms with van der Waals surface area (Å²) in [6, 6.07) is 13.2. The molecule has 0 unspecified atom stereocenters.